The Bertz CT molecular complexity index is 437. The van der Waals surface area contributed by atoms with Gasteiger partial charge in [-0.1, -0.05) is 13.3 Å². The molecule has 1 aromatic rings. The smallest absolute Gasteiger partial charge is 0.344 e. The predicted molar refractivity (Wildman–Crippen MR) is 78.6 cm³/mol. The van der Waals surface area contributed by atoms with E-state index >= 15 is 0 Å². The standard InChI is InChI=1S/C13H14Br2O4/c1-2-3-4-18-12(17)8-19-13-10(14)5-9(7-16)6-11(13)15/h5-7H,2-4,8H2,1H3. The van der Waals surface area contributed by atoms with Crippen LogP contribution < -0.4 is 4.74 Å². The molecule has 0 saturated carbocycles. The fourth-order valence-corrected chi connectivity index (χ4v) is 2.74. The zero-order valence-corrected chi connectivity index (χ0v) is 13.6. The minimum Gasteiger partial charge on any atom is -0.480 e. The first-order chi connectivity index (χ1) is 9.08. The summed E-state index contributed by atoms with van der Waals surface area (Å²) in [5.41, 5.74) is 0.511. The topological polar surface area (TPSA) is 52.6 Å². The second kappa shape index (κ2) is 8.32. The maximum Gasteiger partial charge on any atom is 0.344 e. The van der Waals surface area contributed by atoms with Crippen molar-refractivity contribution in [3.05, 3.63) is 26.6 Å². The van der Waals surface area contributed by atoms with Crippen molar-refractivity contribution in [2.75, 3.05) is 13.2 Å². The molecule has 0 N–H and O–H groups in total. The van der Waals surface area contributed by atoms with Crippen LogP contribution in [-0.4, -0.2) is 25.5 Å². The highest BCUT2D eigenvalue weighted by Crippen LogP contribution is 2.34. The molecule has 104 valence electrons. The summed E-state index contributed by atoms with van der Waals surface area (Å²) >= 11 is 6.57. The molecule has 0 aromatic heterocycles. The highest BCUT2D eigenvalue weighted by atomic mass is 79.9. The van der Waals surface area contributed by atoms with Gasteiger partial charge in [-0.25, -0.2) is 4.79 Å². The molecule has 0 fully saturated rings. The fourth-order valence-electron chi connectivity index (χ4n) is 1.29. The summed E-state index contributed by atoms with van der Waals surface area (Å²) in [5.74, 6) is 0.0600. The van der Waals surface area contributed by atoms with Crippen molar-refractivity contribution < 1.29 is 19.1 Å². The number of carbonyl (C=O) groups excluding carboxylic acids is 2. The van der Waals surface area contributed by atoms with Crippen LogP contribution in [0.25, 0.3) is 0 Å². The van der Waals surface area contributed by atoms with Gasteiger partial charge in [-0.3, -0.25) is 4.79 Å². The zero-order chi connectivity index (χ0) is 14.3. The number of hydrogen-bond donors (Lipinski definition) is 0. The van der Waals surface area contributed by atoms with Crippen molar-refractivity contribution in [3.63, 3.8) is 0 Å². The summed E-state index contributed by atoms with van der Waals surface area (Å²) in [6.07, 6.45) is 2.55. The van der Waals surface area contributed by atoms with E-state index in [0.29, 0.717) is 26.9 Å². The molecule has 1 aromatic carbocycles. The third-order valence-electron chi connectivity index (χ3n) is 2.25. The Morgan fingerprint density at radius 3 is 2.47 bits per heavy atom. The maximum absolute atomic E-state index is 11.4. The van der Waals surface area contributed by atoms with Gasteiger partial charge in [0.1, 0.15) is 12.0 Å². The monoisotopic (exact) mass is 392 g/mol. The number of hydrogen-bond acceptors (Lipinski definition) is 4. The van der Waals surface area contributed by atoms with Gasteiger partial charge in [-0.15, -0.1) is 0 Å². The van der Waals surface area contributed by atoms with Gasteiger partial charge in [0.2, 0.25) is 0 Å². The molecular weight excluding hydrogens is 380 g/mol. The van der Waals surface area contributed by atoms with Gasteiger partial charge in [-0.05, 0) is 50.4 Å². The Kier molecular flexibility index (Phi) is 7.09. The van der Waals surface area contributed by atoms with Crippen LogP contribution in [0, 0.1) is 0 Å². The number of ether oxygens (including phenoxy) is 2. The van der Waals surface area contributed by atoms with Crippen LogP contribution in [0.5, 0.6) is 5.75 Å². The van der Waals surface area contributed by atoms with Crippen molar-refractivity contribution in [2.24, 2.45) is 0 Å². The lowest BCUT2D eigenvalue weighted by molar-refractivity contribution is -0.146. The van der Waals surface area contributed by atoms with Crippen LogP contribution in [0.2, 0.25) is 0 Å². The lowest BCUT2D eigenvalue weighted by atomic mass is 10.2. The number of halogens is 2. The average Bonchev–Trinajstić information content (AvgIpc) is 2.37. The molecular formula is C13H14Br2O4. The molecule has 0 atom stereocenters. The highest BCUT2D eigenvalue weighted by molar-refractivity contribution is 9.11. The van der Waals surface area contributed by atoms with E-state index in [1.807, 2.05) is 6.92 Å². The maximum atomic E-state index is 11.4. The van der Waals surface area contributed by atoms with E-state index in [9.17, 15) is 9.59 Å². The van der Waals surface area contributed by atoms with Crippen molar-refractivity contribution >= 4 is 44.1 Å². The van der Waals surface area contributed by atoms with Gasteiger partial charge in [0.15, 0.2) is 6.61 Å². The first-order valence-electron chi connectivity index (χ1n) is 5.81. The molecule has 0 aliphatic carbocycles. The van der Waals surface area contributed by atoms with Gasteiger partial charge in [0.25, 0.3) is 0 Å². The van der Waals surface area contributed by atoms with Crippen LogP contribution in [0.15, 0.2) is 21.1 Å². The van der Waals surface area contributed by atoms with E-state index in [2.05, 4.69) is 31.9 Å². The van der Waals surface area contributed by atoms with Gasteiger partial charge < -0.3 is 9.47 Å². The van der Waals surface area contributed by atoms with Crippen molar-refractivity contribution in [1.82, 2.24) is 0 Å². The first-order valence-corrected chi connectivity index (χ1v) is 7.39. The predicted octanol–water partition coefficient (Wildman–Crippen LogP) is 3.75. The SMILES string of the molecule is CCCCOC(=O)COc1c(Br)cc(C=O)cc1Br. The quantitative estimate of drug-likeness (QED) is 0.402. The zero-order valence-electron chi connectivity index (χ0n) is 10.4. The highest BCUT2D eigenvalue weighted by Gasteiger charge is 2.11. The summed E-state index contributed by atoms with van der Waals surface area (Å²) in [6, 6.07) is 3.24. The van der Waals surface area contributed by atoms with E-state index < -0.39 is 5.97 Å². The summed E-state index contributed by atoms with van der Waals surface area (Å²) < 4.78 is 11.6. The van der Waals surface area contributed by atoms with E-state index in [4.69, 9.17) is 9.47 Å². The minimum absolute atomic E-state index is 0.165. The van der Waals surface area contributed by atoms with E-state index in [0.717, 1.165) is 19.1 Å². The first kappa shape index (κ1) is 16.2. The number of carbonyl (C=O) groups is 2. The van der Waals surface area contributed by atoms with Crippen LogP contribution in [0.3, 0.4) is 0 Å². The van der Waals surface area contributed by atoms with E-state index in [1.165, 1.54) is 0 Å². The average molecular weight is 394 g/mol. The number of benzene rings is 1. The third kappa shape index (κ3) is 5.32. The van der Waals surface area contributed by atoms with Crippen molar-refractivity contribution in [2.45, 2.75) is 19.8 Å². The van der Waals surface area contributed by atoms with Crippen LogP contribution in [0.1, 0.15) is 30.1 Å². The molecule has 0 spiro atoms. The van der Waals surface area contributed by atoms with Gasteiger partial charge in [-0.2, -0.15) is 0 Å². The van der Waals surface area contributed by atoms with Crippen molar-refractivity contribution in [1.29, 1.82) is 0 Å². The van der Waals surface area contributed by atoms with Crippen LogP contribution in [-0.2, 0) is 9.53 Å². The van der Waals surface area contributed by atoms with E-state index in [1.54, 1.807) is 12.1 Å². The Balaban J connectivity index is 2.58. The molecule has 0 aliphatic heterocycles. The Labute approximate surface area is 128 Å². The Hall–Kier alpha value is -0.880. The number of unbranched alkanes of at least 4 members (excludes halogenated alkanes) is 1. The van der Waals surface area contributed by atoms with Crippen molar-refractivity contribution in [3.8, 4) is 5.75 Å². The normalized spacial score (nSPS) is 10.1. The molecule has 6 heteroatoms. The molecule has 0 heterocycles. The second-order valence-corrected chi connectivity index (χ2v) is 5.50. The number of aldehydes is 1. The minimum atomic E-state index is -0.410. The molecule has 0 saturated heterocycles. The fraction of sp³-hybridized carbons (Fsp3) is 0.385. The third-order valence-corrected chi connectivity index (χ3v) is 3.43. The molecule has 0 bridgehead atoms. The number of esters is 1. The molecule has 0 unspecified atom stereocenters. The summed E-state index contributed by atoms with van der Waals surface area (Å²) in [7, 11) is 0. The number of rotatable bonds is 7. The van der Waals surface area contributed by atoms with E-state index in [-0.39, 0.29) is 6.61 Å². The molecule has 1 rings (SSSR count). The largest absolute Gasteiger partial charge is 0.480 e. The molecule has 0 radical (unpaired) electrons. The molecule has 0 amide bonds. The summed E-state index contributed by atoms with van der Waals surface area (Å²) in [4.78, 5) is 22.1. The van der Waals surface area contributed by atoms with Gasteiger partial charge >= 0.3 is 5.97 Å². The van der Waals surface area contributed by atoms with Crippen LogP contribution >= 0.6 is 31.9 Å². The lowest BCUT2D eigenvalue weighted by Gasteiger charge is -2.10. The lowest BCUT2D eigenvalue weighted by Crippen LogP contribution is -2.15. The Morgan fingerprint density at radius 2 is 1.95 bits per heavy atom. The Morgan fingerprint density at radius 1 is 1.32 bits per heavy atom. The molecule has 4 nitrogen and oxygen atoms in total. The molecule has 0 aliphatic rings. The van der Waals surface area contributed by atoms with Crippen LogP contribution in [0.4, 0.5) is 0 Å². The van der Waals surface area contributed by atoms with Gasteiger partial charge in [0.05, 0.1) is 15.6 Å². The summed E-state index contributed by atoms with van der Waals surface area (Å²) in [6.45, 7) is 2.26. The summed E-state index contributed by atoms with van der Waals surface area (Å²) in [5, 5.41) is 0. The van der Waals surface area contributed by atoms with Gasteiger partial charge in [0, 0.05) is 5.56 Å². The molecule has 19 heavy (non-hydrogen) atoms. The second-order valence-electron chi connectivity index (χ2n) is 3.79.